The molecule has 0 N–H and O–H groups in total. The summed E-state index contributed by atoms with van der Waals surface area (Å²) in [5.41, 5.74) is 1.50. The predicted molar refractivity (Wildman–Crippen MR) is 102 cm³/mol. The molecule has 142 valence electrons. The van der Waals surface area contributed by atoms with Crippen LogP contribution in [0.2, 0.25) is 0 Å². The number of fused-ring (bicyclic) bond motifs is 1. The zero-order chi connectivity index (χ0) is 19.8. The van der Waals surface area contributed by atoms with Crippen LogP contribution in [-0.2, 0) is 4.79 Å². The van der Waals surface area contributed by atoms with Crippen LogP contribution in [-0.4, -0.2) is 59.1 Å². The molecule has 2 aliphatic rings. The van der Waals surface area contributed by atoms with E-state index in [0.717, 1.165) is 4.90 Å². The maximum absolute atomic E-state index is 12.9. The van der Waals surface area contributed by atoms with E-state index in [1.54, 1.807) is 53.4 Å². The summed E-state index contributed by atoms with van der Waals surface area (Å²) >= 11 is 0. The number of ketones is 1. The van der Waals surface area contributed by atoms with E-state index >= 15 is 0 Å². The summed E-state index contributed by atoms with van der Waals surface area (Å²) < 4.78 is 0. The van der Waals surface area contributed by atoms with Gasteiger partial charge in [0.15, 0.2) is 5.78 Å². The Hall–Kier alpha value is -3.48. The van der Waals surface area contributed by atoms with Crippen LogP contribution in [0.3, 0.4) is 0 Å². The van der Waals surface area contributed by atoms with Crippen molar-refractivity contribution in [2.75, 3.05) is 24.5 Å². The maximum atomic E-state index is 12.9. The van der Waals surface area contributed by atoms with E-state index in [1.165, 1.54) is 11.8 Å². The molecule has 2 aromatic carbocycles. The molecule has 2 fully saturated rings. The summed E-state index contributed by atoms with van der Waals surface area (Å²) in [5, 5.41) is 0. The number of amides is 4. The summed E-state index contributed by atoms with van der Waals surface area (Å²) in [6, 6.07) is 14.2. The number of anilines is 1. The van der Waals surface area contributed by atoms with Crippen LogP contribution in [0.5, 0.6) is 0 Å². The molecule has 0 aliphatic carbocycles. The lowest BCUT2D eigenvalue weighted by atomic mass is 10.1. The molecule has 0 bridgehead atoms. The average Bonchev–Trinajstić information content (AvgIpc) is 2.98. The molecule has 4 rings (SSSR count). The Balaban J connectivity index is 1.55. The highest BCUT2D eigenvalue weighted by atomic mass is 16.2. The maximum Gasteiger partial charge on any atom is 0.332 e. The van der Waals surface area contributed by atoms with E-state index in [9.17, 15) is 19.2 Å². The van der Waals surface area contributed by atoms with E-state index in [1.807, 2.05) is 6.07 Å². The number of urea groups is 1. The zero-order valence-corrected chi connectivity index (χ0v) is 15.4. The third kappa shape index (κ3) is 2.94. The molecular formula is C21H19N3O4. The number of benzene rings is 2. The molecular weight excluding hydrogens is 358 g/mol. The highest BCUT2D eigenvalue weighted by Crippen LogP contribution is 2.28. The molecule has 1 atom stereocenters. The first kappa shape index (κ1) is 17.9. The molecule has 4 amide bonds. The number of rotatable bonds is 3. The van der Waals surface area contributed by atoms with Crippen molar-refractivity contribution in [3.8, 4) is 0 Å². The second-order valence-corrected chi connectivity index (χ2v) is 6.89. The summed E-state index contributed by atoms with van der Waals surface area (Å²) in [6.07, 6.45) is 0. The van der Waals surface area contributed by atoms with Crippen molar-refractivity contribution >= 4 is 29.3 Å². The van der Waals surface area contributed by atoms with E-state index in [2.05, 4.69) is 0 Å². The normalized spacial score (nSPS) is 19.0. The number of nitrogens with zero attached hydrogens (tertiary/aromatic N) is 3. The van der Waals surface area contributed by atoms with Crippen molar-refractivity contribution in [3.05, 3.63) is 65.7 Å². The van der Waals surface area contributed by atoms with Gasteiger partial charge in [-0.15, -0.1) is 0 Å². The Morgan fingerprint density at radius 1 is 0.893 bits per heavy atom. The van der Waals surface area contributed by atoms with Gasteiger partial charge in [0, 0.05) is 24.2 Å². The number of imide groups is 1. The number of piperazine rings is 1. The van der Waals surface area contributed by atoms with E-state index in [4.69, 9.17) is 0 Å². The van der Waals surface area contributed by atoms with Crippen molar-refractivity contribution in [2.45, 2.75) is 13.0 Å². The topological polar surface area (TPSA) is 78.0 Å². The number of carbonyl (C=O) groups is 4. The Morgan fingerprint density at radius 3 is 2.21 bits per heavy atom. The minimum atomic E-state index is -0.693. The standard InChI is InChI=1S/C21H19N3O4/c1-14(25)15-7-9-17(10-8-15)24-20(27)18-13-22(11-12-23(18)21(24)28)19(26)16-5-3-2-4-6-16/h2-10,18H,11-13H2,1H3. The van der Waals surface area contributed by atoms with Crippen LogP contribution in [0.1, 0.15) is 27.6 Å². The minimum Gasteiger partial charge on any atom is -0.334 e. The number of Topliss-reactive ketones (excluding diaryl/α,β-unsaturated/α-hetero) is 1. The third-order valence-corrected chi connectivity index (χ3v) is 5.16. The summed E-state index contributed by atoms with van der Waals surface area (Å²) in [5.74, 6) is -0.589. The fourth-order valence-corrected chi connectivity index (χ4v) is 3.63. The second kappa shape index (κ2) is 6.92. The number of carbonyl (C=O) groups excluding carboxylic acids is 4. The predicted octanol–water partition coefficient (Wildman–Crippen LogP) is 2.18. The fourth-order valence-electron chi connectivity index (χ4n) is 3.63. The summed E-state index contributed by atoms with van der Waals surface area (Å²) in [6.45, 7) is 2.30. The number of hydrogen-bond donors (Lipinski definition) is 0. The lowest BCUT2D eigenvalue weighted by Gasteiger charge is -2.35. The zero-order valence-electron chi connectivity index (χ0n) is 15.4. The molecule has 1 unspecified atom stereocenters. The van der Waals surface area contributed by atoms with Crippen LogP contribution < -0.4 is 4.90 Å². The first-order chi connectivity index (χ1) is 13.5. The van der Waals surface area contributed by atoms with E-state index < -0.39 is 12.1 Å². The van der Waals surface area contributed by atoms with Gasteiger partial charge >= 0.3 is 6.03 Å². The molecule has 0 radical (unpaired) electrons. The lowest BCUT2D eigenvalue weighted by molar-refractivity contribution is -0.120. The average molecular weight is 377 g/mol. The molecule has 0 aromatic heterocycles. The molecule has 7 heteroatoms. The molecule has 2 heterocycles. The van der Waals surface area contributed by atoms with Crippen LogP contribution in [0, 0.1) is 0 Å². The van der Waals surface area contributed by atoms with Gasteiger partial charge in [-0.2, -0.15) is 0 Å². The van der Waals surface area contributed by atoms with E-state index in [0.29, 0.717) is 29.9 Å². The lowest BCUT2D eigenvalue weighted by Crippen LogP contribution is -2.54. The van der Waals surface area contributed by atoms with Crippen molar-refractivity contribution in [1.82, 2.24) is 9.80 Å². The van der Waals surface area contributed by atoms with E-state index in [-0.39, 0.29) is 24.1 Å². The second-order valence-electron chi connectivity index (χ2n) is 6.89. The largest absolute Gasteiger partial charge is 0.334 e. The highest BCUT2D eigenvalue weighted by molar-refractivity contribution is 6.21. The monoisotopic (exact) mass is 377 g/mol. The molecule has 2 aromatic rings. The van der Waals surface area contributed by atoms with Crippen molar-refractivity contribution in [2.24, 2.45) is 0 Å². The Labute approximate surface area is 162 Å². The van der Waals surface area contributed by atoms with Gasteiger partial charge in [0.05, 0.1) is 12.2 Å². The van der Waals surface area contributed by atoms with Crippen molar-refractivity contribution in [1.29, 1.82) is 0 Å². The summed E-state index contributed by atoms with van der Waals surface area (Å²) in [4.78, 5) is 54.1. The first-order valence-corrected chi connectivity index (χ1v) is 9.07. The SMILES string of the molecule is CC(=O)c1ccc(N2C(=O)C3CN(C(=O)c4ccccc4)CCN3C2=O)cc1. The Kier molecular flexibility index (Phi) is 4.43. The van der Waals surface area contributed by atoms with Gasteiger partial charge in [-0.3, -0.25) is 14.4 Å². The minimum absolute atomic E-state index is 0.0851. The van der Waals surface area contributed by atoms with Crippen molar-refractivity contribution < 1.29 is 19.2 Å². The van der Waals surface area contributed by atoms with Crippen LogP contribution in [0.25, 0.3) is 0 Å². The smallest absolute Gasteiger partial charge is 0.332 e. The fraction of sp³-hybridized carbons (Fsp3) is 0.238. The molecule has 0 saturated carbocycles. The summed E-state index contributed by atoms with van der Waals surface area (Å²) in [7, 11) is 0. The van der Waals surface area contributed by atoms with Gasteiger partial charge in [0.25, 0.3) is 11.8 Å². The molecule has 2 aliphatic heterocycles. The van der Waals surface area contributed by atoms with Crippen LogP contribution in [0.4, 0.5) is 10.5 Å². The first-order valence-electron chi connectivity index (χ1n) is 9.07. The molecule has 0 spiro atoms. The molecule has 7 nitrogen and oxygen atoms in total. The Morgan fingerprint density at radius 2 is 1.57 bits per heavy atom. The van der Waals surface area contributed by atoms with Gasteiger partial charge < -0.3 is 9.80 Å². The molecule has 28 heavy (non-hydrogen) atoms. The third-order valence-electron chi connectivity index (χ3n) is 5.16. The van der Waals surface area contributed by atoms with Crippen molar-refractivity contribution in [3.63, 3.8) is 0 Å². The van der Waals surface area contributed by atoms with Crippen LogP contribution >= 0.6 is 0 Å². The van der Waals surface area contributed by atoms with Gasteiger partial charge in [0.1, 0.15) is 6.04 Å². The van der Waals surface area contributed by atoms with Gasteiger partial charge in [-0.1, -0.05) is 18.2 Å². The number of hydrogen-bond acceptors (Lipinski definition) is 4. The van der Waals surface area contributed by atoms with Gasteiger partial charge in [0.2, 0.25) is 0 Å². The quantitative estimate of drug-likeness (QED) is 0.607. The molecule has 2 saturated heterocycles. The Bertz CT molecular complexity index is 955. The van der Waals surface area contributed by atoms with Gasteiger partial charge in [-0.05, 0) is 43.3 Å². The van der Waals surface area contributed by atoms with Crippen LogP contribution in [0.15, 0.2) is 54.6 Å². The van der Waals surface area contributed by atoms with Gasteiger partial charge in [-0.25, -0.2) is 9.69 Å². The highest BCUT2D eigenvalue weighted by Gasteiger charge is 2.49.